The first-order valence-corrected chi connectivity index (χ1v) is 8.53. The van der Waals surface area contributed by atoms with Crippen LogP contribution in [0.5, 0.6) is 0 Å². The Morgan fingerprint density at radius 1 is 1.18 bits per heavy atom. The first kappa shape index (κ1) is 19.4. The lowest BCUT2D eigenvalue weighted by atomic mass is 10.2. The topological polar surface area (TPSA) is 107 Å². The van der Waals surface area contributed by atoms with Crippen molar-refractivity contribution in [2.45, 2.75) is 12.8 Å². The van der Waals surface area contributed by atoms with Gasteiger partial charge in [-0.25, -0.2) is 9.37 Å². The molecule has 3 rings (SSSR count). The van der Waals surface area contributed by atoms with Gasteiger partial charge in [0.2, 0.25) is 11.7 Å². The predicted molar refractivity (Wildman–Crippen MR) is 96.8 cm³/mol. The van der Waals surface area contributed by atoms with Crippen molar-refractivity contribution in [3.8, 4) is 11.4 Å². The second kappa shape index (κ2) is 9.05. The van der Waals surface area contributed by atoms with E-state index in [-0.39, 0.29) is 24.5 Å². The minimum Gasteiger partial charge on any atom is -0.456 e. The summed E-state index contributed by atoms with van der Waals surface area (Å²) >= 11 is 5.70. The summed E-state index contributed by atoms with van der Waals surface area (Å²) in [5.41, 5.74) is 0.589. The van der Waals surface area contributed by atoms with Crippen LogP contribution in [0.15, 0.2) is 47.1 Å². The third-order valence-corrected chi connectivity index (χ3v) is 3.70. The Kier molecular flexibility index (Phi) is 6.28. The maximum Gasteiger partial charge on any atom is 0.306 e. The van der Waals surface area contributed by atoms with Crippen LogP contribution in [0.2, 0.25) is 5.02 Å². The van der Waals surface area contributed by atoms with Gasteiger partial charge in [0.15, 0.2) is 6.61 Å². The first-order valence-electron chi connectivity index (χ1n) is 8.15. The number of ether oxygens (including phenoxy) is 1. The summed E-state index contributed by atoms with van der Waals surface area (Å²) in [7, 11) is 0. The first-order chi connectivity index (χ1) is 13.5. The van der Waals surface area contributed by atoms with Crippen LogP contribution < -0.4 is 5.32 Å². The number of nitrogens with zero attached hydrogens (tertiary/aromatic N) is 3. The average molecular weight is 405 g/mol. The minimum atomic E-state index is -0.597. The SMILES string of the molecule is O=C(COC(=O)CCc1nc(-c2ccc(F)cc2)no1)Nc1ccc(Cl)cn1. The molecule has 0 atom stereocenters. The number of hydrogen-bond donors (Lipinski definition) is 1. The molecule has 0 unspecified atom stereocenters. The van der Waals surface area contributed by atoms with Crippen LogP contribution in [-0.4, -0.2) is 33.6 Å². The van der Waals surface area contributed by atoms with Gasteiger partial charge in [-0.15, -0.1) is 0 Å². The van der Waals surface area contributed by atoms with Crippen LogP contribution in [0.25, 0.3) is 11.4 Å². The lowest BCUT2D eigenvalue weighted by Gasteiger charge is -2.05. The molecule has 3 aromatic rings. The molecule has 1 N–H and O–H groups in total. The zero-order valence-corrected chi connectivity index (χ0v) is 15.1. The van der Waals surface area contributed by atoms with Crippen molar-refractivity contribution in [1.29, 1.82) is 0 Å². The number of amides is 1. The second-order valence-electron chi connectivity index (χ2n) is 5.59. The van der Waals surface area contributed by atoms with Crippen molar-refractivity contribution in [3.05, 3.63) is 59.3 Å². The Labute approximate surface area is 163 Å². The van der Waals surface area contributed by atoms with E-state index in [1.54, 1.807) is 6.07 Å². The number of rotatable bonds is 7. The van der Waals surface area contributed by atoms with Crippen LogP contribution >= 0.6 is 11.6 Å². The van der Waals surface area contributed by atoms with Gasteiger partial charge in [-0.05, 0) is 36.4 Å². The maximum atomic E-state index is 12.9. The molecular weight excluding hydrogens is 391 g/mol. The third kappa shape index (κ3) is 5.58. The van der Waals surface area contributed by atoms with E-state index < -0.39 is 18.5 Å². The zero-order valence-electron chi connectivity index (χ0n) is 14.4. The highest BCUT2D eigenvalue weighted by molar-refractivity contribution is 6.30. The van der Waals surface area contributed by atoms with E-state index in [1.807, 2.05) is 0 Å². The van der Waals surface area contributed by atoms with Gasteiger partial charge >= 0.3 is 5.97 Å². The monoisotopic (exact) mass is 404 g/mol. The lowest BCUT2D eigenvalue weighted by Crippen LogP contribution is -2.21. The largest absolute Gasteiger partial charge is 0.456 e. The number of halogens is 2. The fourth-order valence-corrected chi connectivity index (χ4v) is 2.24. The number of anilines is 1. The van der Waals surface area contributed by atoms with Crippen molar-refractivity contribution < 1.29 is 23.2 Å². The molecule has 2 heterocycles. The molecule has 1 amide bonds. The molecule has 0 bridgehead atoms. The molecule has 0 spiro atoms. The van der Waals surface area contributed by atoms with Crippen LogP contribution in [0.4, 0.5) is 10.2 Å². The molecule has 1 aromatic carbocycles. The van der Waals surface area contributed by atoms with Gasteiger partial charge in [-0.3, -0.25) is 9.59 Å². The average Bonchev–Trinajstić information content (AvgIpc) is 3.16. The fourth-order valence-electron chi connectivity index (χ4n) is 2.13. The Hall–Kier alpha value is -3.33. The van der Waals surface area contributed by atoms with E-state index in [0.717, 1.165) is 0 Å². The number of pyridine rings is 1. The standard InChI is InChI=1S/C18H14ClFN4O4/c19-12-3-6-14(21-9-12)22-15(25)10-27-17(26)8-7-16-23-18(24-28-16)11-1-4-13(20)5-2-11/h1-6,9H,7-8,10H2,(H,21,22,25). The minimum absolute atomic E-state index is 0.0441. The highest BCUT2D eigenvalue weighted by atomic mass is 35.5. The molecule has 0 fully saturated rings. The zero-order chi connectivity index (χ0) is 19.9. The predicted octanol–water partition coefficient (Wildman–Crippen LogP) is 3.04. The number of carbonyl (C=O) groups is 2. The molecule has 0 aliphatic heterocycles. The molecule has 2 aromatic heterocycles. The van der Waals surface area contributed by atoms with E-state index in [0.29, 0.717) is 22.2 Å². The van der Waals surface area contributed by atoms with Crippen molar-refractivity contribution in [2.75, 3.05) is 11.9 Å². The number of nitrogens with one attached hydrogen (secondary N) is 1. The summed E-state index contributed by atoms with van der Waals surface area (Å²) in [6, 6.07) is 8.70. The Balaban J connectivity index is 1.42. The normalized spacial score (nSPS) is 10.5. The molecule has 8 nitrogen and oxygen atoms in total. The molecule has 0 radical (unpaired) electrons. The highest BCUT2D eigenvalue weighted by Gasteiger charge is 2.13. The number of hydrogen-bond acceptors (Lipinski definition) is 7. The lowest BCUT2D eigenvalue weighted by molar-refractivity contribution is -0.147. The van der Waals surface area contributed by atoms with Gasteiger partial charge < -0.3 is 14.6 Å². The quantitative estimate of drug-likeness (QED) is 0.603. The van der Waals surface area contributed by atoms with E-state index >= 15 is 0 Å². The summed E-state index contributed by atoms with van der Waals surface area (Å²) in [5.74, 6) is -0.680. The smallest absolute Gasteiger partial charge is 0.306 e. The van der Waals surface area contributed by atoms with Gasteiger partial charge in [0, 0.05) is 18.2 Å². The number of esters is 1. The van der Waals surface area contributed by atoms with Crippen molar-refractivity contribution >= 4 is 29.3 Å². The van der Waals surface area contributed by atoms with Crippen LogP contribution in [-0.2, 0) is 20.7 Å². The number of aromatic nitrogens is 3. The maximum absolute atomic E-state index is 12.9. The summed E-state index contributed by atoms with van der Waals surface area (Å²) in [6.45, 7) is -0.451. The van der Waals surface area contributed by atoms with Crippen molar-refractivity contribution in [2.24, 2.45) is 0 Å². The fraction of sp³-hybridized carbons (Fsp3) is 0.167. The molecule has 0 aliphatic carbocycles. The summed E-state index contributed by atoms with van der Waals surface area (Å²) < 4.78 is 22.9. The molecule has 0 saturated carbocycles. The van der Waals surface area contributed by atoms with Gasteiger partial charge in [-0.2, -0.15) is 4.98 Å². The van der Waals surface area contributed by atoms with E-state index in [4.69, 9.17) is 20.9 Å². The third-order valence-electron chi connectivity index (χ3n) is 3.47. The van der Waals surface area contributed by atoms with Gasteiger partial charge in [0.25, 0.3) is 5.91 Å². The molecule has 144 valence electrons. The van der Waals surface area contributed by atoms with Crippen LogP contribution in [0.3, 0.4) is 0 Å². The molecule has 28 heavy (non-hydrogen) atoms. The Morgan fingerprint density at radius 2 is 1.96 bits per heavy atom. The highest BCUT2D eigenvalue weighted by Crippen LogP contribution is 2.16. The van der Waals surface area contributed by atoms with Crippen LogP contribution in [0.1, 0.15) is 12.3 Å². The number of carbonyl (C=O) groups excluding carboxylic acids is 2. The van der Waals surface area contributed by atoms with E-state index in [2.05, 4.69) is 20.4 Å². The summed E-state index contributed by atoms with van der Waals surface area (Å²) in [4.78, 5) is 31.5. The van der Waals surface area contributed by atoms with E-state index in [9.17, 15) is 14.0 Å². The van der Waals surface area contributed by atoms with Crippen molar-refractivity contribution in [3.63, 3.8) is 0 Å². The van der Waals surface area contributed by atoms with E-state index in [1.165, 1.54) is 36.5 Å². The van der Waals surface area contributed by atoms with Gasteiger partial charge in [0.1, 0.15) is 11.6 Å². The van der Waals surface area contributed by atoms with Gasteiger partial charge in [0.05, 0.1) is 11.4 Å². The summed E-state index contributed by atoms with van der Waals surface area (Å²) in [5, 5.41) is 6.69. The summed E-state index contributed by atoms with van der Waals surface area (Å²) in [6.07, 6.45) is 1.48. The van der Waals surface area contributed by atoms with Crippen molar-refractivity contribution in [1.82, 2.24) is 15.1 Å². The molecule has 0 aliphatic rings. The molecular formula is C18H14ClFN4O4. The molecule has 10 heteroatoms. The Morgan fingerprint density at radius 3 is 2.68 bits per heavy atom. The van der Waals surface area contributed by atoms with Gasteiger partial charge in [-0.1, -0.05) is 16.8 Å². The number of benzene rings is 1. The number of aryl methyl sites for hydroxylation is 1. The Bertz CT molecular complexity index is 960. The second-order valence-corrected chi connectivity index (χ2v) is 6.03. The van der Waals surface area contributed by atoms with Crippen LogP contribution in [0, 0.1) is 5.82 Å². The molecule has 0 saturated heterocycles.